The summed E-state index contributed by atoms with van der Waals surface area (Å²) in [5.41, 5.74) is 2.67. The molecule has 0 saturated carbocycles. The van der Waals surface area contributed by atoms with Gasteiger partial charge >= 0.3 is 0 Å². The second-order valence-electron chi connectivity index (χ2n) is 2.60. The molecule has 0 radical (unpaired) electrons. The first-order valence-electron chi connectivity index (χ1n) is 3.63. The third-order valence-electron chi connectivity index (χ3n) is 1.62. The smallest absolute Gasteiger partial charge is 0.0335 e. The van der Waals surface area contributed by atoms with Crippen molar-refractivity contribution >= 4 is 36.3 Å². The van der Waals surface area contributed by atoms with Crippen molar-refractivity contribution in [3.63, 3.8) is 0 Å². The van der Waals surface area contributed by atoms with Crippen LogP contribution >= 0.6 is 31.4 Å². The maximum absolute atomic E-state index is 2.23. The third-order valence-corrected chi connectivity index (χ3v) is 5.37. The monoisotopic (exact) mass is 212 g/mol. The van der Waals surface area contributed by atoms with Gasteiger partial charge in [0.05, 0.1) is 0 Å². The first-order chi connectivity index (χ1) is 5.86. The van der Waals surface area contributed by atoms with E-state index in [0.717, 1.165) is 0 Å². The van der Waals surface area contributed by atoms with Crippen molar-refractivity contribution in [1.82, 2.24) is 0 Å². The minimum atomic E-state index is 1.33. The average molecular weight is 212 g/mol. The van der Waals surface area contributed by atoms with Gasteiger partial charge in [-0.3, -0.25) is 0 Å². The van der Waals surface area contributed by atoms with Crippen molar-refractivity contribution in [1.29, 1.82) is 0 Å². The molecule has 0 amide bonds. The maximum Gasteiger partial charge on any atom is 0.0335 e. The van der Waals surface area contributed by atoms with E-state index in [4.69, 9.17) is 0 Å². The second kappa shape index (κ2) is 3.81. The summed E-state index contributed by atoms with van der Waals surface area (Å²) in [5.74, 6) is 0. The van der Waals surface area contributed by atoms with Crippen LogP contribution in [0.4, 0.5) is 0 Å². The van der Waals surface area contributed by atoms with E-state index < -0.39 is 0 Å². The van der Waals surface area contributed by atoms with Crippen LogP contribution < -0.4 is 0 Å². The number of rotatable bonds is 1. The molecule has 0 atom stereocenters. The SMILES string of the molecule is Cc1cccc(C2=CSSS2)c1. The highest BCUT2D eigenvalue weighted by Crippen LogP contribution is 2.52. The summed E-state index contributed by atoms with van der Waals surface area (Å²) in [6, 6.07) is 8.63. The highest BCUT2D eigenvalue weighted by Gasteiger charge is 2.08. The van der Waals surface area contributed by atoms with Crippen LogP contribution in [-0.2, 0) is 0 Å². The van der Waals surface area contributed by atoms with Crippen molar-refractivity contribution in [2.75, 3.05) is 0 Å². The van der Waals surface area contributed by atoms with Gasteiger partial charge in [0, 0.05) is 4.91 Å². The zero-order chi connectivity index (χ0) is 8.39. The topological polar surface area (TPSA) is 0 Å². The minimum Gasteiger partial charge on any atom is -0.0614 e. The molecule has 0 fully saturated rings. The van der Waals surface area contributed by atoms with Crippen molar-refractivity contribution in [2.45, 2.75) is 6.92 Å². The van der Waals surface area contributed by atoms with Gasteiger partial charge in [0.2, 0.25) is 0 Å². The second-order valence-corrected chi connectivity index (χ2v) is 6.48. The molecule has 1 aliphatic heterocycles. The number of benzene rings is 1. The fourth-order valence-corrected chi connectivity index (χ4v) is 4.89. The van der Waals surface area contributed by atoms with Crippen LogP contribution in [0.15, 0.2) is 29.7 Å². The molecule has 0 aromatic heterocycles. The predicted octanol–water partition coefficient (Wildman–Crippen LogP) is 4.34. The molecule has 0 unspecified atom stereocenters. The van der Waals surface area contributed by atoms with E-state index in [2.05, 4.69) is 36.6 Å². The number of hydrogen-bond donors (Lipinski definition) is 0. The molecule has 1 aromatic carbocycles. The van der Waals surface area contributed by atoms with Crippen molar-refractivity contribution in [2.24, 2.45) is 0 Å². The van der Waals surface area contributed by atoms with Gasteiger partial charge in [-0.05, 0) is 38.5 Å². The first kappa shape index (κ1) is 8.60. The lowest BCUT2D eigenvalue weighted by molar-refractivity contribution is 1.46. The van der Waals surface area contributed by atoms with E-state index in [9.17, 15) is 0 Å². The molecule has 3 heteroatoms. The summed E-state index contributed by atoms with van der Waals surface area (Å²) in [5, 5.41) is 2.21. The lowest BCUT2D eigenvalue weighted by Crippen LogP contribution is -1.77. The van der Waals surface area contributed by atoms with Crippen LogP contribution in [0.1, 0.15) is 11.1 Å². The first-order valence-corrected chi connectivity index (χ1v) is 7.18. The van der Waals surface area contributed by atoms with Gasteiger partial charge in [-0.2, -0.15) is 0 Å². The molecule has 0 nitrogen and oxygen atoms in total. The van der Waals surface area contributed by atoms with Crippen LogP contribution in [0, 0.1) is 6.92 Å². The van der Waals surface area contributed by atoms with Crippen LogP contribution in [0.25, 0.3) is 4.91 Å². The molecule has 2 rings (SSSR count). The fourth-order valence-electron chi connectivity index (χ4n) is 1.05. The van der Waals surface area contributed by atoms with Gasteiger partial charge < -0.3 is 0 Å². The molecule has 62 valence electrons. The molecule has 0 N–H and O–H groups in total. The van der Waals surface area contributed by atoms with Crippen molar-refractivity contribution < 1.29 is 0 Å². The molecule has 1 aromatic rings. The van der Waals surface area contributed by atoms with Crippen LogP contribution in [0.2, 0.25) is 0 Å². The molecule has 0 spiro atoms. The van der Waals surface area contributed by atoms with Gasteiger partial charge in [-0.25, -0.2) is 0 Å². The van der Waals surface area contributed by atoms with E-state index in [1.807, 2.05) is 20.6 Å². The Balaban J connectivity index is 2.33. The minimum absolute atomic E-state index is 1.33. The Kier molecular flexibility index (Phi) is 2.73. The van der Waals surface area contributed by atoms with Crippen molar-refractivity contribution in [3.8, 4) is 0 Å². The molecular formula is C9H8S3. The summed E-state index contributed by atoms with van der Waals surface area (Å²) in [6.45, 7) is 2.13. The van der Waals surface area contributed by atoms with Gasteiger partial charge in [0.25, 0.3) is 0 Å². The summed E-state index contributed by atoms with van der Waals surface area (Å²) in [4.78, 5) is 1.38. The van der Waals surface area contributed by atoms with E-state index in [1.165, 1.54) is 16.0 Å². The zero-order valence-electron chi connectivity index (χ0n) is 6.61. The summed E-state index contributed by atoms with van der Waals surface area (Å²) < 4.78 is 0. The van der Waals surface area contributed by atoms with Crippen LogP contribution in [-0.4, -0.2) is 0 Å². The predicted molar refractivity (Wildman–Crippen MR) is 61.9 cm³/mol. The Morgan fingerprint density at radius 1 is 1.25 bits per heavy atom. The Morgan fingerprint density at radius 3 is 2.83 bits per heavy atom. The fraction of sp³-hybridized carbons (Fsp3) is 0.111. The highest BCUT2D eigenvalue weighted by atomic mass is 33.5. The lowest BCUT2D eigenvalue weighted by atomic mass is 10.1. The maximum atomic E-state index is 2.23. The van der Waals surface area contributed by atoms with E-state index >= 15 is 0 Å². The molecule has 1 aliphatic rings. The Hall–Kier alpha value is 0.01000. The molecule has 0 saturated heterocycles. The van der Waals surface area contributed by atoms with Gasteiger partial charge in [0.15, 0.2) is 0 Å². The normalized spacial score (nSPS) is 16.2. The Morgan fingerprint density at radius 2 is 2.17 bits per heavy atom. The van der Waals surface area contributed by atoms with Crippen LogP contribution in [0.3, 0.4) is 0 Å². The highest BCUT2D eigenvalue weighted by molar-refractivity contribution is 9.13. The third kappa shape index (κ3) is 1.84. The van der Waals surface area contributed by atoms with Crippen LogP contribution in [0.5, 0.6) is 0 Å². The molecular weight excluding hydrogens is 204 g/mol. The van der Waals surface area contributed by atoms with Gasteiger partial charge in [-0.15, -0.1) is 0 Å². The van der Waals surface area contributed by atoms with Gasteiger partial charge in [-0.1, -0.05) is 40.6 Å². The zero-order valence-corrected chi connectivity index (χ0v) is 9.06. The largest absolute Gasteiger partial charge is 0.0614 e. The standard InChI is InChI=1S/C9H8S3/c1-7-3-2-4-8(5-7)9-6-10-12-11-9/h2-6H,1H3. The van der Waals surface area contributed by atoms with Gasteiger partial charge in [0.1, 0.15) is 0 Å². The quantitative estimate of drug-likeness (QED) is 0.636. The average Bonchev–Trinajstić information content (AvgIpc) is 2.56. The van der Waals surface area contributed by atoms with Crippen molar-refractivity contribution in [3.05, 3.63) is 40.8 Å². The lowest BCUT2D eigenvalue weighted by Gasteiger charge is -2.00. The molecule has 0 bridgehead atoms. The number of aryl methyl sites for hydroxylation is 1. The number of hydrogen-bond acceptors (Lipinski definition) is 3. The molecule has 1 heterocycles. The Bertz CT molecular complexity index is 317. The molecule has 12 heavy (non-hydrogen) atoms. The summed E-state index contributed by atoms with van der Waals surface area (Å²) in [7, 11) is 5.47. The summed E-state index contributed by atoms with van der Waals surface area (Å²) >= 11 is 0. The Labute approximate surface area is 84.0 Å². The van der Waals surface area contributed by atoms with E-state index in [1.54, 1.807) is 10.8 Å². The van der Waals surface area contributed by atoms with E-state index in [0.29, 0.717) is 0 Å². The summed E-state index contributed by atoms with van der Waals surface area (Å²) in [6.07, 6.45) is 0. The van der Waals surface area contributed by atoms with E-state index in [-0.39, 0.29) is 0 Å². The molecule has 0 aliphatic carbocycles.